The highest BCUT2D eigenvalue weighted by molar-refractivity contribution is 14.1. The molecule has 1 aliphatic rings. The highest BCUT2D eigenvalue weighted by Gasteiger charge is 2.32. The Morgan fingerprint density at radius 3 is 2.32 bits per heavy atom. The molecule has 6 heteroatoms. The quantitative estimate of drug-likeness (QED) is 0.126. The first-order valence-electron chi connectivity index (χ1n) is 13.4. The van der Waals surface area contributed by atoms with Gasteiger partial charge in [0.05, 0.1) is 21.4 Å². The summed E-state index contributed by atoms with van der Waals surface area (Å²) in [5, 5.41) is 8.55. The van der Waals surface area contributed by atoms with E-state index in [1.807, 2.05) is 104 Å². The molecule has 0 unspecified atom stereocenters. The third-order valence-corrected chi connectivity index (χ3v) is 7.62. The van der Waals surface area contributed by atoms with Crippen LogP contribution >= 0.6 is 22.6 Å². The first-order valence-corrected chi connectivity index (χ1v) is 14.5. The number of para-hydroxylation sites is 1. The second kappa shape index (κ2) is 12.0. The fourth-order valence-electron chi connectivity index (χ4n) is 4.91. The molecule has 1 heterocycles. The Hall–Kier alpha value is -4.43. The Bertz CT molecular complexity index is 1780. The highest BCUT2D eigenvalue weighted by atomic mass is 127. The van der Waals surface area contributed by atoms with Crippen molar-refractivity contribution in [2.75, 3.05) is 11.6 Å². The summed E-state index contributed by atoms with van der Waals surface area (Å²) in [6.07, 6.45) is 1.89. The predicted octanol–water partition coefficient (Wildman–Crippen LogP) is 8.26. The van der Waals surface area contributed by atoms with E-state index in [1.54, 1.807) is 0 Å². The topological polar surface area (TPSA) is 51.1 Å². The summed E-state index contributed by atoms with van der Waals surface area (Å²) in [7, 11) is 0. The molecular formula is C35H27IN2O3. The average Bonchev–Trinajstić information content (AvgIpc) is 3.33. The van der Waals surface area contributed by atoms with Crippen molar-refractivity contribution in [3.05, 3.63) is 141 Å². The molecule has 1 aliphatic heterocycles. The molecule has 5 nitrogen and oxygen atoms in total. The largest absolute Gasteiger partial charge is 0.490 e. The van der Waals surface area contributed by atoms with E-state index in [4.69, 9.17) is 14.6 Å². The molecule has 5 aromatic rings. The molecule has 0 fully saturated rings. The Morgan fingerprint density at radius 2 is 1.54 bits per heavy atom. The summed E-state index contributed by atoms with van der Waals surface area (Å²) < 4.78 is 13.3. The SMILES string of the molecule is CCOc1cc(/C=C2\C(=O)N(c3ccccc3)N=C2c2ccccc2)cc(I)c1OCc1cccc2ccccc12. The molecule has 1 amide bonds. The maximum atomic E-state index is 13.7. The molecule has 202 valence electrons. The first-order chi connectivity index (χ1) is 20.1. The van der Waals surface area contributed by atoms with E-state index in [1.165, 1.54) is 15.8 Å². The number of hydrogen-bond donors (Lipinski definition) is 0. The van der Waals surface area contributed by atoms with Crippen LogP contribution in [0.3, 0.4) is 0 Å². The van der Waals surface area contributed by atoms with Crippen LogP contribution in [0.15, 0.2) is 126 Å². The van der Waals surface area contributed by atoms with Crippen LogP contribution in [0.2, 0.25) is 0 Å². The number of ether oxygens (including phenoxy) is 2. The van der Waals surface area contributed by atoms with E-state index in [2.05, 4.69) is 46.9 Å². The molecule has 41 heavy (non-hydrogen) atoms. The molecule has 0 saturated heterocycles. The van der Waals surface area contributed by atoms with Gasteiger partial charge in [-0.05, 0) is 81.8 Å². The molecule has 0 aliphatic carbocycles. The van der Waals surface area contributed by atoms with E-state index < -0.39 is 0 Å². The molecule has 0 saturated carbocycles. The summed E-state index contributed by atoms with van der Waals surface area (Å²) in [6, 6.07) is 37.7. The van der Waals surface area contributed by atoms with Gasteiger partial charge in [-0.25, -0.2) is 0 Å². The zero-order valence-electron chi connectivity index (χ0n) is 22.5. The summed E-state index contributed by atoms with van der Waals surface area (Å²) >= 11 is 2.27. The number of carbonyl (C=O) groups is 1. The smallest absolute Gasteiger partial charge is 0.281 e. The number of rotatable bonds is 8. The number of carbonyl (C=O) groups excluding carboxylic acids is 1. The number of nitrogens with zero attached hydrogens (tertiary/aromatic N) is 2. The molecular weight excluding hydrogens is 623 g/mol. The van der Waals surface area contributed by atoms with Gasteiger partial charge in [0.25, 0.3) is 5.91 Å². The van der Waals surface area contributed by atoms with Crippen LogP contribution in [0.5, 0.6) is 11.5 Å². The van der Waals surface area contributed by atoms with Gasteiger partial charge in [0.1, 0.15) is 12.3 Å². The van der Waals surface area contributed by atoms with Crippen molar-refractivity contribution in [3.63, 3.8) is 0 Å². The van der Waals surface area contributed by atoms with E-state index >= 15 is 0 Å². The number of hydrogen-bond acceptors (Lipinski definition) is 4. The van der Waals surface area contributed by atoms with Gasteiger partial charge >= 0.3 is 0 Å². The number of halogens is 1. The fraction of sp³-hybridized carbons (Fsp3) is 0.0857. The van der Waals surface area contributed by atoms with Crippen LogP contribution in [-0.4, -0.2) is 18.2 Å². The maximum absolute atomic E-state index is 13.7. The van der Waals surface area contributed by atoms with Gasteiger partial charge in [-0.2, -0.15) is 10.1 Å². The summed E-state index contributed by atoms with van der Waals surface area (Å²) in [4.78, 5) is 13.7. The minimum atomic E-state index is -0.181. The molecule has 6 rings (SSSR count). The van der Waals surface area contributed by atoms with Crippen molar-refractivity contribution in [1.82, 2.24) is 0 Å². The van der Waals surface area contributed by atoms with Crippen molar-refractivity contribution in [1.29, 1.82) is 0 Å². The van der Waals surface area contributed by atoms with Crippen molar-refractivity contribution < 1.29 is 14.3 Å². The number of anilines is 1. The van der Waals surface area contributed by atoms with Crippen LogP contribution in [0.25, 0.3) is 16.8 Å². The minimum Gasteiger partial charge on any atom is -0.490 e. The monoisotopic (exact) mass is 650 g/mol. The summed E-state index contributed by atoms with van der Waals surface area (Å²) in [6.45, 7) is 2.84. The molecule has 0 aromatic heterocycles. The lowest BCUT2D eigenvalue weighted by atomic mass is 10.00. The Morgan fingerprint density at radius 1 is 0.829 bits per heavy atom. The van der Waals surface area contributed by atoms with Crippen molar-refractivity contribution >= 4 is 56.7 Å². The number of hydrazone groups is 1. The highest BCUT2D eigenvalue weighted by Crippen LogP contribution is 2.37. The van der Waals surface area contributed by atoms with E-state index in [9.17, 15) is 4.79 Å². The normalized spacial score (nSPS) is 14.0. The predicted molar refractivity (Wildman–Crippen MR) is 173 cm³/mol. The third kappa shape index (κ3) is 5.60. The third-order valence-electron chi connectivity index (χ3n) is 6.82. The average molecular weight is 651 g/mol. The van der Waals surface area contributed by atoms with Crippen molar-refractivity contribution in [2.24, 2.45) is 5.10 Å². The summed E-state index contributed by atoms with van der Waals surface area (Å²) in [5.74, 6) is 1.14. The van der Waals surface area contributed by atoms with Crippen molar-refractivity contribution in [3.8, 4) is 11.5 Å². The Kier molecular flexibility index (Phi) is 7.82. The first kappa shape index (κ1) is 26.8. The van der Waals surface area contributed by atoms with Crippen LogP contribution < -0.4 is 14.5 Å². The van der Waals surface area contributed by atoms with Gasteiger partial charge in [-0.1, -0.05) is 91.0 Å². The van der Waals surface area contributed by atoms with Gasteiger partial charge in [-0.15, -0.1) is 0 Å². The lowest BCUT2D eigenvalue weighted by Gasteiger charge is -2.16. The molecule has 5 aromatic carbocycles. The minimum absolute atomic E-state index is 0.181. The zero-order chi connectivity index (χ0) is 28.2. The molecule has 0 atom stereocenters. The number of amides is 1. The van der Waals surface area contributed by atoms with Crippen LogP contribution in [-0.2, 0) is 11.4 Å². The van der Waals surface area contributed by atoms with Crippen molar-refractivity contribution in [2.45, 2.75) is 13.5 Å². The van der Waals surface area contributed by atoms with Crippen LogP contribution in [0.4, 0.5) is 5.69 Å². The summed E-state index contributed by atoms with van der Waals surface area (Å²) in [5.41, 5.74) is 4.67. The van der Waals surface area contributed by atoms with E-state index in [-0.39, 0.29) is 5.91 Å². The molecule has 0 spiro atoms. The van der Waals surface area contributed by atoms with E-state index in [0.717, 1.165) is 25.9 Å². The maximum Gasteiger partial charge on any atom is 0.281 e. The zero-order valence-corrected chi connectivity index (χ0v) is 24.6. The standard InChI is InChI=1S/C35H27IN2O3/c1-2-40-32-22-24(21-31(36)34(32)41-23-27-16-11-15-25-12-9-10-19-29(25)27)20-30-33(26-13-5-3-6-14-26)37-38(35(30)39)28-17-7-4-8-18-28/h3-22H,2,23H2,1H3/b30-20-. The van der Waals surface area contributed by atoms with Gasteiger partial charge in [0.15, 0.2) is 11.5 Å². The van der Waals surface area contributed by atoms with Gasteiger partial charge in [0.2, 0.25) is 0 Å². The lowest BCUT2D eigenvalue weighted by molar-refractivity contribution is -0.114. The molecule has 0 bridgehead atoms. The lowest BCUT2D eigenvalue weighted by Crippen LogP contribution is -2.21. The van der Waals surface area contributed by atoms with Crippen LogP contribution in [0.1, 0.15) is 23.6 Å². The Labute approximate surface area is 252 Å². The van der Waals surface area contributed by atoms with Gasteiger partial charge in [-0.3, -0.25) is 4.79 Å². The van der Waals surface area contributed by atoms with Crippen LogP contribution in [0, 0.1) is 3.57 Å². The second-order valence-electron chi connectivity index (χ2n) is 9.52. The second-order valence-corrected chi connectivity index (χ2v) is 10.7. The number of benzene rings is 5. The van der Waals surface area contributed by atoms with E-state index in [0.29, 0.717) is 36.0 Å². The molecule has 0 radical (unpaired) electrons. The van der Waals surface area contributed by atoms with Gasteiger partial charge in [0, 0.05) is 5.56 Å². The Balaban J connectivity index is 1.36. The van der Waals surface area contributed by atoms with Gasteiger partial charge < -0.3 is 9.47 Å². The number of fused-ring (bicyclic) bond motifs is 1. The molecule has 0 N–H and O–H groups in total. The fourth-order valence-corrected chi connectivity index (χ4v) is 5.69.